The highest BCUT2D eigenvalue weighted by molar-refractivity contribution is 5.94. The van der Waals surface area contributed by atoms with E-state index in [0.29, 0.717) is 0 Å². The molecule has 1 aliphatic heterocycles. The Labute approximate surface area is 231 Å². The summed E-state index contributed by atoms with van der Waals surface area (Å²) in [6.07, 6.45) is 17.7. The summed E-state index contributed by atoms with van der Waals surface area (Å²) in [7, 11) is 0. The Hall–Kier alpha value is -2.63. The van der Waals surface area contributed by atoms with Gasteiger partial charge in [0.2, 0.25) is 0 Å². The van der Waals surface area contributed by atoms with Crippen LogP contribution < -0.4 is 5.32 Å². The normalized spacial score (nSPS) is 15.1. The number of benzene rings is 1. The van der Waals surface area contributed by atoms with Crippen molar-refractivity contribution >= 4 is 18.9 Å². The lowest BCUT2D eigenvalue weighted by atomic mass is 9.86. The Kier molecular flexibility index (Phi) is 17.1. The summed E-state index contributed by atoms with van der Waals surface area (Å²) < 4.78 is 5.25. The van der Waals surface area contributed by atoms with Gasteiger partial charge in [0, 0.05) is 5.70 Å². The Bertz CT molecular complexity index is 880. The monoisotopic (exact) mass is 528 g/mol. The highest BCUT2D eigenvalue weighted by Gasteiger charge is 2.39. The topological polar surface area (TPSA) is 75.7 Å². The van der Waals surface area contributed by atoms with Crippen LogP contribution >= 0.6 is 0 Å². The highest BCUT2D eigenvalue weighted by atomic mass is 16.6. The first kappa shape index (κ1) is 33.4. The van der Waals surface area contributed by atoms with Crippen LogP contribution in [0.3, 0.4) is 0 Å². The smallest absolute Gasteiger partial charge is 0.418 e. The number of unbranched alkanes of at least 4 members (excludes halogenated alkanes) is 12. The summed E-state index contributed by atoms with van der Waals surface area (Å²) in [5.74, 6) is 0. The third kappa shape index (κ3) is 10.6. The number of amides is 3. The number of nitrogens with one attached hydrogen (secondary N) is 1. The minimum Gasteiger partial charge on any atom is -0.449 e. The molecule has 1 aromatic carbocycles. The Balaban J connectivity index is 0.00000352. The fourth-order valence-electron chi connectivity index (χ4n) is 5.25. The standard InChI is InChI=1S/C31H50N2O3.CH2O/c1-6-8-9-10-11-12-13-14-15-16-17-18-19-22-27-23-20-21-24(3)28(27)29-25(4)26(5)32-30(34)33(29)31(35)36-7-2;1-2/h20-21,23,29H,6-19,22H2,1-5H3,(H,32,34);1H2. The van der Waals surface area contributed by atoms with Gasteiger partial charge in [-0.3, -0.25) is 0 Å². The lowest BCUT2D eigenvalue weighted by Gasteiger charge is -2.37. The molecule has 1 aromatic rings. The van der Waals surface area contributed by atoms with Gasteiger partial charge in [-0.1, -0.05) is 102 Å². The Morgan fingerprint density at radius 2 is 1.39 bits per heavy atom. The second-order valence-corrected chi connectivity index (χ2v) is 10.3. The molecule has 6 nitrogen and oxygen atoms in total. The van der Waals surface area contributed by atoms with Gasteiger partial charge in [-0.15, -0.1) is 0 Å². The van der Waals surface area contributed by atoms with E-state index in [9.17, 15) is 9.59 Å². The lowest BCUT2D eigenvalue weighted by molar-refractivity contribution is -0.0980. The molecule has 0 spiro atoms. The van der Waals surface area contributed by atoms with E-state index < -0.39 is 18.2 Å². The van der Waals surface area contributed by atoms with Crippen molar-refractivity contribution in [2.24, 2.45) is 0 Å². The van der Waals surface area contributed by atoms with E-state index in [1.54, 1.807) is 6.92 Å². The van der Waals surface area contributed by atoms with E-state index in [-0.39, 0.29) is 6.61 Å². The number of aryl methyl sites for hydroxylation is 2. The quantitative estimate of drug-likeness (QED) is 0.217. The first-order valence-corrected chi connectivity index (χ1v) is 14.7. The molecule has 2 rings (SSSR count). The van der Waals surface area contributed by atoms with Crippen LogP contribution in [0.5, 0.6) is 0 Å². The third-order valence-electron chi connectivity index (χ3n) is 7.48. The Morgan fingerprint density at radius 1 is 0.868 bits per heavy atom. The van der Waals surface area contributed by atoms with Gasteiger partial charge in [0.25, 0.3) is 0 Å². The van der Waals surface area contributed by atoms with Crippen LogP contribution in [0.25, 0.3) is 0 Å². The van der Waals surface area contributed by atoms with E-state index in [0.717, 1.165) is 35.2 Å². The van der Waals surface area contributed by atoms with Crippen LogP contribution in [0.1, 0.15) is 134 Å². The van der Waals surface area contributed by atoms with Crippen molar-refractivity contribution in [1.82, 2.24) is 10.2 Å². The number of hydrogen-bond acceptors (Lipinski definition) is 4. The molecule has 0 aromatic heterocycles. The number of rotatable bonds is 16. The first-order valence-electron chi connectivity index (χ1n) is 14.7. The maximum Gasteiger partial charge on any atom is 0.418 e. The molecule has 6 heteroatoms. The molecular formula is C32H52N2O4. The second kappa shape index (κ2) is 19.4. The molecule has 1 aliphatic rings. The van der Waals surface area contributed by atoms with Crippen molar-refractivity contribution in [2.45, 2.75) is 131 Å². The predicted molar refractivity (Wildman–Crippen MR) is 156 cm³/mol. The summed E-state index contributed by atoms with van der Waals surface area (Å²) in [4.78, 5) is 34.9. The summed E-state index contributed by atoms with van der Waals surface area (Å²) in [6, 6.07) is 5.45. The average molecular weight is 529 g/mol. The van der Waals surface area contributed by atoms with Gasteiger partial charge in [0.05, 0.1) is 12.6 Å². The van der Waals surface area contributed by atoms with Gasteiger partial charge >= 0.3 is 12.1 Å². The summed E-state index contributed by atoms with van der Waals surface area (Å²) in [6.45, 7) is 12.2. The average Bonchev–Trinajstić information content (AvgIpc) is 2.90. The molecule has 0 saturated heterocycles. The number of urea groups is 1. The first-order chi connectivity index (χ1) is 18.4. The number of carbonyl (C=O) groups excluding carboxylic acids is 3. The van der Waals surface area contributed by atoms with Crippen molar-refractivity contribution in [1.29, 1.82) is 0 Å². The number of allylic oxidation sites excluding steroid dienone is 1. The molecule has 0 radical (unpaired) electrons. The van der Waals surface area contributed by atoms with Crippen LogP contribution in [-0.2, 0) is 16.0 Å². The molecule has 0 saturated carbocycles. The van der Waals surface area contributed by atoms with E-state index in [4.69, 9.17) is 9.53 Å². The molecule has 1 N–H and O–H groups in total. The van der Waals surface area contributed by atoms with Gasteiger partial charge in [-0.2, -0.15) is 0 Å². The number of imide groups is 1. The predicted octanol–water partition coefficient (Wildman–Crippen LogP) is 8.96. The number of ether oxygens (including phenoxy) is 1. The highest BCUT2D eigenvalue weighted by Crippen LogP contribution is 2.37. The molecule has 0 fully saturated rings. The molecule has 3 amide bonds. The molecule has 38 heavy (non-hydrogen) atoms. The zero-order valence-corrected chi connectivity index (χ0v) is 24.7. The van der Waals surface area contributed by atoms with Crippen molar-refractivity contribution in [3.8, 4) is 0 Å². The number of hydrogen-bond donors (Lipinski definition) is 1. The van der Waals surface area contributed by atoms with Gasteiger partial charge < -0.3 is 14.8 Å². The third-order valence-corrected chi connectivity index (χ3v) is 7.48. The molecule has 1 heterocycles. The molecule has 1 atom stereocenters. The second-order valence-electron chi connectivity index (χ2n) is 10.3. The van der Waals surface area contributed by atoms with E-state index in [1.165, 1.54) is 87.5 Å². The molecule has 0 aliphatic carbocycles. The molecule has 214 valence electrons. The molecular weight excluding hydrogens is 476 g/mol. The van der Waals surface area contributed by atoms with E-state index in [1.807, 2.05) is 20.6 Å². The maximum atomic E-state index is 12.8. The minimum atomic E-state index is -0.595. The van der Waals surface area contributed by atoms with Gasteiger partial charge in [-0.05, 0) is 62.8 Å². The minimum absolute atomic E-state index is 0.233. The van der Waals surface area contributed by atoms with Crippen molar-refractivity contribution < 1.29 is 19.1 Å². The lowest BCUT2D eigenvalue weighted by Crippen LogP contribution is -2.50. The van der Waals surface area contributed by atoms with Crippen LogP contribution in [0, 0.1) is 6.92 Å². The van der Waals surface area contributed by atoms with Gasteiger partial charge in [0.15, 0.2) is 0 Å². The van der Waals surface area contributed by atoms with Crippen LogP contribution in [0.2, 0.25) is 0 Å². The number of carbonyl (C=O) groups is 3. The summed E-state index contributed by atoms with van der Waals surface area (Å²) in [5.41, 5.74) is 5.17. The zero-order chi connectivity index (χ0) is 28.3. The van der Waals surface area contributed by atoms with Crippen molar-refractivity contribution in [3.05, 3.63) is 46.2 Å². The van der Waals surface area contributed by atoms with Gasteiger partial charge in [-0.25, -0.2) is 14.5 Å². The van der Waals surface area contributed by atoms with Crippen molar-refractivity contribution in [3.63, 3.8) is 0 Å². The molecule has 0 bridgehead atoms. The van der Waals surface area contributed by atoms with Crippen LogP contribution in [0.15, 0.2) is 29.5 Å². The van der Waals surface area contributed by atoms with E-state index in [2.05, 4.69) is 37.4 Å². The summed E-state index contributed by atoms with van der Waals surface area (Å²) in [5, 5.41) is 2.82. The maximum absolute atomic E-state index is 12.8. The van der Waals surface area contributed by atoms with Crippen LogP contribution in [-0.4, -0.2) is 30.4 Å². The fraction of sp³-hybridized carbons (Fsp3) is 0.656. The van der Waals surface area contributed by atoms with Crippen molar-refractivity contribution in [2.75, 3.05) is 6.61 Å². The zero-order valence-electron chi connectivity index (χ0n) is 24.7. The number of nitrogens with zero attached hydrogens (tertiary/aromatic N) is 1. The molecule has 1 unspecified atom stereocenters. The SMILES string of the molecule is C=O.CCCCCCCCCCCCCCCc1cccc(C)c1C1C(C)=C(C)NC(=O)N1C(=O)OCC. The largest absolute Gasteiger partial charge is 0.449 e. The van der Waals surface area contributed by atoms with Crippen LogP contribution in [0.4, 0.5) is 9.59 Å². The Morgan fingerprint density at radius 3 is 1.92 bits per heavy atom. The van der Waals surface area contributed by atoms with Gasteiger partial charge in [0.1, 0.15) is 6.79 Å². The fourth-order valence-corrected chi connectivity index (χ4v) is 5.25. The van der Waals surface area contributed by atoms with E-state index >= 15 is 0 Å². The summed E-state index contributed by atoms with van der Waals surface area (Å²) >= 11 is 0.